The smallest absolute Gasteiger partial charge is 0.220 e. The number of likely N-dealkylation sites (tertiary alicyclic amines) is 1. The molecule has 0 aliphatic carbocycles. The number of hydrogen-bond donors (Lipinski definition) is 2. The Bertz CT molecular complexity index is 691. The van der Waals surface area contributed by atoms with Crippen molar-refractivity contribution in [2.24, 2.45) is 10.9 Å². The highest BCUT2D eigenvalue weighted by Gasteiger charge is 2.23. The summed E-state index contributed by atoms with van der Waals surface area (Å²) in [6.07, 6.45) is 3.53. The molecule has 1 amide bonds. The van der Waals surface area contributed by atoms with Crippen molar-refractivity contribution in [1.82, 2.24) is 15.5 Å². The number of ether oxygens (including phenoxy) is 2. The number of carbonyl (C=O) groups is 1. The van der Waals surface area contributed by atoms with E-state index in [0.29, 0.717) is 32.1 Å². The lowest BCUT2D eigenvalue weighted by molar-refractivity contribution is -0.121. The first-order chi connectivity index (χ1) is 13.7. The summed E-state index contributed by atoms with van der Waals surface area (Å²) in [5.74, 6) is 3.14. The fourth-order valence-electron chi connectivity index (χ4n) is 3.68. The van der Waals surface area contributed by atoms with Crippen molar-refractivity contribution in [1.29, 1.82) is 0 Å². The summed E-state index contributed by atoms with van der Waals surface area (Å²) in [5, 5.41) is 6.13. The maximum absolute atomic E-state index is 11.6. The minimum absolute atomic E-state index is 0. The van der Waals surface area contributed by atoms with E-state index in [-0.39, 0.29) is 29.9 Å². The molecular weight excluding hydrogens is 483 g/mol. The van der Waals surface area contributed by atoms with Gasteiger partial charge in [-0.1, -0.05) is 12.1 Å². The van der Waals surface area contributed by atoms with E-state index < -0.39 is 0 Å². The zero-order valence-corrected chi connectivity index (χ0v) is 19.7. The molecule has 1 aromatic carbocycles. The number of hydrogen-bond acceptors (Lipinski definition) is 4. The molecule has 0 aromatic heterocycles. The molecule has 3 rings (SSSR count). The van der Waals surface area contributed by atoms with Crippen molar-refractivity contribution in [3.05, 3.63) is 23.8 Å². The molecule has 0 spiro atoms. The standard InChI is InChI=1S/C21H32N4O3.HI/c1-3-23-21(25-10-8-16(9-11-25)14-19(26)22-2)24-15-17-6-4-7-18-20(17)28-13-5-12-27-18;/h4,6-7,16H,3,5,8-15H2,1-2H3,(H,22,26)(H,23,24);1H. The van der Waals surface area contributed by atoms with E-state index in [0.717, 1.165) is 61.9 Å². The van der Waals surface area contributed by atoms with Gasteiger partial charge in [-0.25, -0.2) is 4.99 Å². The molecule has 0 atom stereocenters. The number of piperidine rings is 1. The molecule has 1 saturated heterocycles. The van der Waals surface area contributed by atoms with Crippen molar-refractivity contribution in [2.45, 2.75) is 39.2 Å². The number of aliphatic imine (C=N–C) groups is 1. The van der Waals surface area contributed by atoms with E-state index in [1.54, 1.807) is 7.05 Å². The van der Waals surface area contributed by atoms with Gasteiger partial charge in [-0.2, -0.15) is 0 Å². The van der Waals surface area contributed by atoms with E-state index in [4.69, 9.17) is 14.5 Å². The fourth-order valence-corrected chi connectivity index (χ4v) is 3.68. The number of amides is 1. The Morgan fingerprint density at radius 3 is 2.72 bits per heavy atom. The zero-order chi connectivity index (χ0) is 19.8. The highest BCUT2D eigenvalue weighted by atomic mass is 127. The topological polar surface area (TPSA) is 75.2 Å². The number of rotatable bonds is 5. The summed E-state index contributed by atoms with van der Waals surface area (Å²) >= 11 is 0. The number of nitrogens with one attached hydrogen (secondary N) is 2. The van der Waals surface area contributed by atoms with Crippen LogP contribution in [0, 0.1) is 5.92 Å². The van der Waals surface area contributed by atoms with Gasteiger partial charge in [0.15, 0.2) is 17.5 Å². The second kappa shape index (κ2) is 12.1. The van der Waals surface area contributed by atoms with Crippen LogP contribution in [0.5, 0.6) is 11.5 Å². The average molecular weight is 516 g/mol. The number of benzene rings is 1. The highest BCUT2D eigenvalue weighted by molar-refractivity contribution is 14.0. The van der Waals surface area contributed by atoms with Gasteiger partial charge in [0.25, 0.3) is 0 Å². The molecular formula is C21H33IN4O3. The Balaban J connectivity index is 0.00000300. The van der Waals surface area contributed by atoms with E-state index in [2.05, 4.69) is 28.5 Å². The fraction of sp³-hybridized carbons (Fsp3) is 0.619. The third-order valence-electron chi connectivity index (χ3n) is 5.25. The second-order valence-electron chi connectivity index (χ2n) is 7.27. The van der Waals surface area contributed by atoms with Crippen LogP contribution in [0.4, 0.5) is 0 Å². The molecule has 162 valence electrons. The Morgan fingerprint density at radius 2 is 2.00 bits per heavy atom. The lowest BCUT2D eigenvalue weighted by atomic mass is 9.93. The number of para-hydroxylation sites is 1. The van der Waals surface area contributed by atoms with Gasteiger partial charge in [0, 0.05) is 45.1 Å². The largest absolute Gasteiger partial charge is 0.490 e. The van der Waals surface area contributed by atoms with E-state index in [1.807, 2.05) is 12.1 Å². The number of fused-ring (bicyclic) bond motifs is 1. The summed E-state index contributed by atoms with van der Waals surface area (Å²) in [7, 11) is 1.70. The monoisotopic (exact) mass is 516 g/mol. The van der Waals surface area contributed by atoms with Crippen LogP contribution in [0.3, 0.4) is 0 Å². The molecule has 2 aliphatic rings. The van der Waals surface area contributed by atoms with Crippen LogP contribution >= 0.6 is 24.0 Å². The maximum Gasteiger partial charge on any atom is 0.220 e. The van der Waals surface area contributed by atoms with Crippen molar-refractivity contribution < 1.29 is 14.3 Å². The summed E-state index contributed by atoms with van der Waals surface area (Å²) in [6, 6.07) is 6.00. The Morgan fingerprint density at radius 1 is 1.24 bits per heavy atom. The van der Waals surface area contributed by atoms with Gasteiger partial charge < -0.3 is 25.0 Å². The quantitative estimate of drug-likeness (QED) is 0.358. The van der Waals surface area contributed by atoms with Gasteiger partial charge in [0.1, 0.15) is 0 Å². The molecule has 2 heterocycles. The van der Waals surface area contributed by atoms with Gasteiger partial charge >= 0.3 is 0 Å². The minimum atomic E-state index is 0. The maximum atomic E-state index is 11.6. The summed E-state index contributed by atoms with van der Waals surface area (Å²) in [4.78, 5) is 18.8. The molecule has 8 heteroatoms. The SMILES string of the molecule is CCNC(=NCc1cccc2c1OCCCO2)N1CCC(CC(=O)NC)CC1.I. The van der Waals surface area contributed by atoms with Crippen LogP contribution in [-0.4, -0.2) is 56.7 Å². The average Bonchev–Trinajstić information content (AvgIpc) is 2.97. The van der Waals surface area contributed by atoms with Crippen molar-refractivity contribution in [3.63, 3.8) is 0 Å². The van der Waals surface area contributed by atoms with Gasteiger partial charge in [-0.15, -0.1) is 24.0 Å². The molecule has 0 saturated carbocycles. The van der Waals surface area contributed by atoms with E-state index in [9.17, 15) is 4.79 Å². The molecule has 2 aliphatic heterocycles. The molecule has 1 aromatic rings. The molecule has 29 heavy (non-hydrogen) atoms. The number of guanidine groups is 1. The molecule has 7 nitrogen and oxygen atoms in total. The Kier molecular flexibility index (Phi) is 9.83. The van der Waals surface area contributed by atoms with Crippen LogP contribution in [0.1, 0.15) is 38.2 Å². The van der Waals surface area contributed by atoms with Crippen molar-refractivity contribution >= 4 is 35.8 Å². The van der Waals surface area contributed by atoms with E-state index >= 15 is 0 Å². The molecule has 0 bridgehead atoms. The highest BCUT2D eigenvalue weighted by Crippen LogP contribution is 2.33. The van der Waals surface area contributed by atoms with Crippen LogP contribution in [-0.2, 0) is 11.3 Å². The Labute approximate surface area is 190 Å². The summed E-state index contributed by atoms with van der Waals surface area (Å²) < 4.78 is 11.7. The third kappa shape index (κ3) is 6.65. The van der Waals surface area contributed by atoms with Crippen LogP contribution < -0.4 is 20.1 Å². The lowest BCUT2D eigenvalue weighted by Crippen LogP contribution is -2.46. The summed E-state index contributed by atoms with van der Waals surface area (Å²) in [5.41, 5.74) is 1.05. The van der Waals surface area contributed by atoms with Gasteiger partial charge in [0.05, 0.1) is 19.8 Å². The third-order valence-corrected chi connectivity index (χ3v) is 5.25. The number of carbonyl (C=O) groups excluding carboxylic acids is 1. The predicted octanol–water partition coefficient (Wildman–Crippen LogP) is 2.78. The van der Waals surface area contributed by atoms with Gasteiger partial charge in [-0.05, 0) is 31.7 Å². The minimum Gasteiger partial charge on any atom is -0.490 e. The molecule has 2 N–H and O–H groups in total. The number of halogens is 1. The van der Waals surface area contributed by atoms with Crippen LogP contribution in [0.25, 0.3) is 0 Å². The lowest BCUT2D eigenvalue weighted by Gasteiger charge is -2.34. The number of nitrogens with zero attached hydrogens (tertiary/aromatic N) is 2. The first-order valence-corrected chi connectivity index (χ1v) is 10.3. The molecule has 0 radical (unpaired) electrons. The molecule has 0 unspecified atom stereocenters. The van der Waals surface area contributed by atoms with Gasteiger partial charge in [0.2, 0.25) is 5.91 Å². The predicted molar refractivity (Wildman–Crippen MR) is 125 cm³/mol. The normalized spacial score (nSPS) is 17.2. The van der Waals surface area contributed by atoms with Crippen LogP contribution in [0.15, 0.2) is 23.2 Å². The van der Waals surface area contributed by atoms with Crippen LogP contribution in [0.2, 0.25) is 0 Å². The first kappa shape index (κ1) is 23.6. The van der Waals surface area contributed by atoms with Gasteiger partial charge in [-0.3, -0.25) is 4.79 Å². The zero-order valence-electron chi connectivity index (χ0n) is 17.4. The Hall–Kier alpha value is -1.71. The first-order valence-electron chi connectivity index (χ1n) is 10.3. The molecule has 1 fully saturated rings. The second-order valence-corrected chi connectivity index (χ2v) is 7.27. The summed E-state index contributed by atoms with van der Waals surface area (Å²) in [6.45, 7) is 6.65. The van der Waals surface area contributed by atoms with Crippen molar-refractivity contribution in [2.75, 3.05) is 39.9 Å². The van der Waals surface area contributed by atoms with E-state index in [1.165, 1.54) is 0 Å². The van der Waals surface area contributed by atoms with Crippen molar-refractivity contribution in [3.8, 4) is 11.5 Å².